The van der Waals surface area contributed by atoms with Crippen molar-refractivity contribution in [3.05, 3.63) is 77.5 Å². The molecule has 0 radical (unpaired) electrons. The molecule has 0 atom stereocenters. The van der Waals surface area contributed by atoms with Gasteiger partial charge >= 0.3 is 0 Å². The molecule has 5 heteroatoms. The van der Waals surface area contributed by atoms with Gasteiger partial charge in [-0.2, -0.15) is 0 Å². The highest BCUT2D eigenvalue weighted by Gasteiger charge is 2.23. The standard InChI is InChI=1S/C24H25N3O2/c1-17-6-9-23(18(2)14-17)26-10-12-27(13-11-26)24(29)20-5-3-4-19(15-20)22-8-7-21(28)16-25-22/h3-9,14-16,28H,10-13H2,1-2H3. The Balaban J connectivity index is 1.46. The van der Waals surface area contributed by atoms with Gasteiger partial charge in [0.05, 0.1) is 11.9 Å². The fraction of sp³-hybridized carbons (Fsp3) is 0.250. The molecular weight excluding hydrogens is 362 g/mol. The highest BCUT2D eigenvalue weighted by molar-refractivity contribution is 5.95. The van der Waals surface area contributed by atoms with Gasteiger partial charge in [0.25, 0.3) is 5.91 Å². The van der Waals surface area contributed by atoms with Crippen LogP contribution in [0.4, 0.5) is 5.69 Å². The molecule has 1 aliphatic heterocycles. The first-order chi connectivity index (χ1) is 14.0. The SMILES string of the molecule is Cc1ccc(N2CCN(C(=O)c3cccc(-c4ccc(O)cn4)c3)CC2)c(C)c1. The first-order valence-electron chi connectivity index (χ1n) is 9.88. The fourth-order valence-corrected chi connectivity index (χ4v) is 3.86. The van der Waals surface area contributed by atoms with Crippen molar-refractivity contribution in [2.45, 2.75) is 13.8 Å². The third-order valence-corrected chi connectivity index (χ3v) is 5.41. The first kappa shape index (κ1) is 19.0. The summed E-state index contributed by atoms with van der Waals surface area (Å²) in [4.78, 5) is 21.6. The number of carbonyl (C=O) groups excluding carboxylic acids is 1. The van der Waals surface area contributed by atoms with Crippen molar-refractivity contribution in [3.63, 3.8) is 0 Å². The monoisotopic (exact) mass is 387 g/mol. The van der Waals surface area contributed by atoms with Crippen molar-refractivity contribution in [1.82, 2.24) is 9.88 Å². The van der Waals surface area contributed by atoms with Crippen LogP contribution in [0.3, 0.4) is 0 Å². The first-order valence-corrected chi connectivity index (χ1v) is 9.88. The van der Waals surface area contributed by atoms with Crippen LogP contribution in [0.5, 0.6) is 5.75 Å². The maximum absolute atomic E-state index is 13.0. The Morgan fingerprint density at radius 3 is 2.45 bits per heavy atom. The molecule has 1 N–H and O–H groups in total. The maximum Gasteiger partial charge on any atom is 0.253 e. The molecule has 5 nitrogen and oxygen atoms in total. The van der Waals surface area contributed by atoms with Gasteiger partial charge in [0, 0.05) is 43.0 Å². The highest BCUT2D eigenvalue weighted by atomic mass is 16.3. The Bertz CT molecular complexity index is 1020. The Kier molecular flexibility index (Phi) is 5.21. The number of aromatic nitrogens is 1. The molecule has 1 fully saturated rings. The lowest BCUT2D eigenvalue weighted by Crippen LogP contribution is -2.49. The van der Waals surface area contributed by atoms with E-state index in [9.17, 15) is 9.90 Å². The van der Waals surface area contributed by atoms with Crippen molar-refractivity contribution in [3.8, 4) is 17.0 Å². The zero-order chi connectivity index (χ0) is 20.4. The number of pyridine rings is 1. The largest absolute Gasteiger partial charge is 0.506 e. The summed E-state index contributed by atoms with van der Waals surface area (Å²) in [5.41, 5.74) is 6.06. The molecule has 0 saturated carbocycles. The average Bonchev–Trinajstić information content (AvgIpc) is 2.74. The van der Waals surface area contributed by atoms with Gasteiger partial charge in [0.2, 0.25) is 0 Å². The Hall–Kier alpha value is -3.34. The molecule has 0 aliphatic carbocycles. The Morgan fingerprint density at radius 2 is 1.76 bits per heavy atom. The van der Waals surface area contributed by atoms with Crippen molar-refractivity contribution in [2.75, 3.05) is 31.1 Å². The van der Waals surface area contributed by atoms with Gasteiger partial charge in [-0.05, 0) is 49.7 Å². The lowest BCUT2D eigenvalue weighted by Gasteiger charge is -2.37. The van der Waals surface area contributed by atoms with Gasteiger partial charge in [-0.15, -0.1) is 0 Å². The number of piperazine rings is 1. The fourth-order valence-electron chi connectivity index (χ4n) is 3.86. The summed E-state index contributed by atoms with van der Waals surface area (Å²) >= 11 is 0. The molecule has 4 rings (SSSR count). The summed E-state index contributed by atoms with van der Waals surface area (Å²) in [6, 6.07) is 17.4. The van der Waals surface area contributed by atoms with Crippen molar-refractivity contribution in [1.29, 1.82) is 0 Å². The topological polar surface area (TPSA) is 56.7 Å². The lowest BCUT2D eigenvalue weighted by molar-refractivity contribution is 0.0747. The summed E-state index contributed by atoms with van der Waals surface area (Å²) in [7, 11) is 0. The molecule has 1 aliphatic rings. The average molecular weight is 387 g/mol. The summed E-state index contributed by atoms with van der Waals surface area (Å²) < 4.78 is 0. The minimum Gasteiger partial charge on any atom is -0.506 e. The molecule has 0 unspecified atom stereocenters. The van der Waals surface area contributed by atoms with Crippen LogP contribution in [-0.2, 0) is 0 Å². The van der Waals surface area contributed by atoms with Crippen molar-refractivity contribution >= 4 is 11.6 Å². The van der Waals surface area contributed by atoms with Crippen LogP contribution in [0, 0.1) is 13.8 Å². The number of nitrogens with zero attached hydrogens (tertiary/aromatic N) is 3. The van der Waals surface area contributed by atoms with Crippen LogP contribution in [0.1, 0.15) is 21.5 Å². The molecule has 0 spiro atoms. The van der Waals surface area contributed by atoms with E-state index in [0.717, 1.165) is 24.3 Å². The predicted octanol–water partition coefficient (Wildman–Crippen LogP) is 4.03. The molecule has 1 amide bonds. The zero-order valence-electron chi connectivity index (χ0n) is 16.8. The van der Waals surface area contributed by atoms with Crippen molar-refractivity contribution < 1.29 is 9.90 Å². The molecule has 1 aromatic heterocycles. The normalized spacial score (nSPS) is 14.1. The number of anilines is 1. The van der Waals surface area contributed by atoms with E-state index in [1.54, 1.807) is 12.1 Å². The van der Waals surface area contributed by atoms with Crippen LogP contribution >= 0.6 is 0 Å². The molecule has 29 heavy (non-hydrogen) atoms. The van der Waals surface area contributed by atoms with Gasteiger partial charge in [-0.25, -0.2) is 0 Å². The second kappa shape index (κ2) is 7.95. The molecule has 1 saturated heterocycles. The van der Waals surface area contributed by atoms with Gasteiger partial charge in [0.15, 0.2) is 0 Å². The highest BCUT2D eigenvalue weighted by Crippen LogP contribution is 2.24. The van der Waals surface area contributed by atoms with E-state index >= 15 is 0 Å². The number of amides is 1. The molecular formula is C24H25N3O2. The van der Waals surface area contributed by atoms with Gasteiger partial charge in [0.1, 0.15) is 5.75 Å². The van der Waals surface area contributed by atoms with Crippen LogP contribution in [0.25, 0.3) is 11.3 Å². The quantitative estimate of drug-likeness (QED) is 0.737. The van der Waals surface area contributed by atoms with E-state index in [0.29, 0.717) is 18.7 Å². The minimum atomic E-state index is 0.0471. The number of aryl methyl sites for hydroxylation is 2. The predicted molar refractivity (Wildman–Crippen MR) is 115 cm³/mol. The second-order valence-corrected chi connectivity index (χ2v) is 7.55. The molecule has 0 bridgehead atoms. The molecule has 148 valence electrons. The summed E-state index contributed by atoms with van der Waals surface area (Å²) in [6.07, 6.45) is 1.41. The van der Waals surface area contributed by atoms with E-state index in [4.69, 9.17) is 0 Å². The number of hydrogen-bond donors (Lipinski definition) is 1. The summed E-state index contributed by atoms with van der Waals surface area (Å²) in [5, 5.41) is 9.42. The Labute approximate surface area is 171 Å². The molecule has 3 aromatic rings. The Morgan fingerprint density at radius 1 is 0.966 bits per heavy atom. The number of aromatic hydroxyl groups is 1. The van der Waals surface area contributed by atoms with E-state index < -0.39 is 0 Å². The third-order valence-electron chi connectivity index (χ3n) is 5.41. The zero-order valence-corrected chi connectivity index (χ0v) is 16.8. The van der Waals surface area contributed by atoms with E-state index in [-0.39, 0.29) is 11.7 Å². The van der Waals surface area contributed by atoms with E-state index in [2.05, 4.69) is 41.9 Å². The number of hydrogen-bond acceptors (Lipinski definition) is 4. The van der Waals surface area contributed by atoms with Gasteiger partial charge in [-0.3, -0.25) is 9.78 Å². The van der Waals surface area contributed by atoms with Crippen LogP contribution in [-0.4, -0.2) is 47.1 Å². The summed E-state index contributed by atoms with van der Waals surface area (Å²) in [5.74, 6) is 0.175. The van der Waals surface area contributed by atoms with E-state index in [1.165, 1.54) is 23.0 Å². The smallest absolute Gasteiger partial charge is 0.253 e. The second-order valence-electron chi connectivity index (χ2n) is 7.55. The number of carbonyl (C=O) groups is 1. The molecule has 2 aromatic carbocycles. The minimum absolute atomic E-state index is 0.0471. The number of benzene rings is 2. The van der Waals surface area contributed by atoms with Crippen LogP contribution in [0.15, 0.2) is 60.8 Å². The van der Waals surface area contributed by atoms with Crippen molar-refractivity contribution in [2.24, 2.45) is 0 Å². The maximum atomic E-state index is 13.0. The van der Waals surface area contributed by atoms with Gasteiger partial charge in [-0.1, -0.05) is 29.8 Å². The van der Waals surface area contributed by atoms with E-state index in [1.807, 2.05) is 29.2 Å². The van der Waals surface area contributed by atoms with Crippen LogP contribution < -0.4 is 4.90 Å². The molecule has 2 heterocycles. The number of rotatable bonds is 3. The van der Waals surface area contributed by atoms with Gasteiger partial charge < -0.3 is 14.9 Å². The third kappa shape index (κ3) is 4.09. The lowest BCUT2D eigenvalue weighted by atomic mass is 10.1. The van der Waals surface area contributed by atoms with Crippen LogP contribution in [0.2, 0.25) is 0 Å². The summed E-state index contributed by atoms with van der Waals surface area (Å²) in [6.45, 7) is 7.31.